The Balaban J connectivity index is 2.36. The van der Waals surface area contributed by atoms with Gasteiger partial charge in [-0.1, -0.05) is 233 Å². The van der Waals surface area contributed by atoms with Crippen molar-refractivity contribution < 1.29 is 0 Å². The van der Waals surface area contributed by atoms with E-state index in [9.17, 15) is 9.59 Å². The van der Waals surface area contributed by atoms with Crippen LogP contribution in [0, 0.1) is 18.8 Å². The van der Waals surface area contributed by atoms with Gasteiger partial charge >= 0.3 is 0 Å². The molecule has 0 fully saturated rings. The minimum Gasteiger partial charge on any atom is -0.381 e. The average Bonchev–Trinajstić information content (AvgIpc) is 3.18. The fourth-order valence-corrected chi connectivity index (χ4v) is 8.79. The van der Waals surface area contributed by atoms with Gasteiger partial charge in [-0.3, -0.25) is 9.59 Å². The predicted molar refractivity (Wildman–Crippen MR) is 242 cm³/mol. The van der Waals surface area contributed by atoms with Crippen LogP contribution in [0.4, 0.5) is 5.69 Å². The molecule has 0 aliphatic heterocycles. The van der Waals surface area contributed by atoms with Crippen LogP contribution in [0.25, 0.3) is 0 Å². The Morgan fingerprint density at radius 2 is 0.741 bits per heavy atom. The van der Waals surface area contributed by atoms with Crippen molar-refractivity contribution in [3.63, 3.8) is 0 Å². The fraction of sp³-hybridized carbons (Fsp3) is 0.920. The molecular formula is C50H96N2O2. The summed E-state index contributed by atoms with van der Waals surface area (Å²) in [5, 5.41) is 3.26. The van der Waals surface area contributed by atoms with Crippen LogP contribution in [0.1, 0.15) is 258 Å². The van der Waals surface area contributed by atoms with E-state index in [0.29, 0.717) is 11.3 Å². The molecule has 0 spiro atoms. The van der Waals surface area contributed by atoms with Crippen LogP contribution < -0.4 is 16.2 Å². The summed E-state index contributed by atoms with van der Waals surface area (Å²) in [4.78, 5) is 26.2. The maximum atomic E-state index is 11.9. The van der Waals surface area contributed by atoms with Crippen LogP contribution in [0.15, 0.2) is 9.59 Å². The first kappa shape index (κ1) is 50.9. The van der Waals surface area contributed by atoms with Crippen LogP contribution in [-0.2, 0) is 0 Å². The highest BCUT2D eigenvalue weighted by atomic mass is 16.2. The van der Waals surface area contributed by atoms with Crippen molar-refractivity contribution in [3.05, 3.63) is 26.0 Å². The molecule has 318 valence electrons. The molecule has 0 amide bonds. The lowest BCUT2D eigenvalue weighted by Crippen LogP contribution is -2.37. The van der Waals surface area contributed by atoms with E-state index < -0.39 is 0 Å². The zero-order valence-electron chi connectivity index (χ0n) is 37.5. The van der Waals surface area contributed by atoms with Gasteiger partial charge in [0.2, 0.25) is 10.9 Å². The molecule has 0 aromatic heterocycles. The number of hydrogen-bond donors (Lipinski definition) is 1. The van der Waals surface area contributed by atoms with Crippen LogP contribution >= 0.6 is 0 Å². The lowest BCUT2D eigenvalue weighted by molar-refractivity contribution is 0.259. The van der Waals surface area contributed by atoms with Gasteiger partial charge < -0.3 is 10.2 Å². The molecule has 0 bridgehead atoms. The van der Waals surface area contributed by atoms with Crippen molar-refractivity contribution in [2.75, 3.05) is 31.5 Å². The molecule has 1 N–H and O–H groups in total. The van der Waals surface area contributed by atoms with Gasteiger partial charge in [-0.25, -0.2) is 0 Å². The molecule has 0 radical (unpaired) electrons. The first-order valence-corrected chi connectivity index (χ1v) is 24.7. The van der Waals surface area contributed by atoms with E-state index in [4.69, 9.17) is 0 Å². The molecule has 54 heavy (non-hydrogen) atoms. The molecule has 1 rings (SSSR count). The summed E-state index contributed by atoms with van der Waals surface area (Å²) in [6, 6.07) is 0. The van der Waals surface area contributed by atoms with Crippen molar-refractivity contribution in [2.45, 2.75) is 259 Å². The van der Waals surface area contributed by atoms with E-state index in [1.807, 2.05) is 0 Å². The second-order valence-electron chi connectivity index (χ2n) is 17.7. The maximum Gasteiger partial charge on any atom is 0.249 e. The molecule has 4 nitrogen and oxygen atoms in total. The normalized spacial score (nSPS) is 12.5. The fourth-order valence-electron chi connectivity index (χ4n) is 8.79. The topological polar surface area (TPSA) is 49.4 Å². The Labute approximate surface area is 338 Å². The van der Waals surface area contributed by atoms with Crippen molar-refractivity contribution >= 4 is 5.69 Å². The van der Waals surface area contributed by atoms with Gasteiger partial charge in [0, 0.05) is 12.1 Å². The minimum atomic E-state index is -0.326. The van der Waals surface area contributed by atoms with Gasteiger partial charge in [-0.2, -0.15) is 0 Å². The maximum absolute atomic E-state index is 11.9. The van der Waals surface area contributed by atoms with E-state index in [1.54, 1.807) is 6.92 Å². The number of unbranched alkanes of at least 4 members (excludes halogenated alkanes) is 23. The first-order chi connectivity index (χ1) is 26.5. The van der Waals surface area contributed by atoms with Gasteiger partial charge in [-0.05, 0) is 57.7 Å². The zero-order valence-corrected chi connectivity index (χ0v) is 37.5. The van der Waals surface area contributed by atoms with Crippen molar-refractivity contribution in [1.29, 1.82) is 0 Å². The highest BCUT2D eigenvalue weighted by Gasteiger charge is 2.16. The van der Waals surface area contributed by atoms with Gasteiger partial charge in [0.15, 0.2) is 0 Å². The van der Waals surface area contributed by atoms with Crippen molar-refractivity contribution in [3.8, 4) is 0 Å². The van der Waals surface area contributed by atoms with E-state index in [-0.39, 0.29) is 10.9 Å². The minimum absolute atomic E-state index is 0.312. The summed E-state index contributed by atoms with van der Waals surface area (Å²) in [7, 11) is 0. The Kier molecular flexibility index (Phi) is 35.2. The Morgan fingerprint density at radius 3 is 1.11 bits per heavy atom. The lowest BCUT2D eigenvalue weighted by Gasteiger charge is -2.23. The molecule has 0 heterocycles. The number of nitrogens with zero attached hydrogens (tertiary/aromatic N) is 1. The number of nitrogens with one attached hydrogen (secondary N) is 1. The molecule has 0 aliphatic carbocycles. The number of anilines is 1. The molecule has 0 saturated heterocycles. The Bertz CT molecular complexity index is 981. The molecular weight excluding hydrogens is 661 g/mol. The highest BCUT2D eigenvalue weighted by Crippen LogP contribution is 2.25. The molecule has 1 atom stereocenters. The predicted octanol–water partition coefficient (Wildman–Crippen LogP) is 15.3. The van der Waals surface area contributed by atoms with Crippen LogP contribution in [0.2, 0.25) is 0 Å². The SMILES string of the molecule is CCCCCCCCC(CC)CCCCCCCN(CCCCCCCC(CCCCCCCC)CCCCCCCC)CCCNc1c(C)c(=O)c1=O. The highest BCUT2D eigenvalue weighted by molar-refractivity contribution is 5.55. The van der Waals surface area contributed by atoms with Crippen LogP contribution in [-0.4, -0.2) is 31.1 Å². The quantitative estimate of drug-likeness (QED) is 0.0532. The number of rotatable bonds is 43. The van der Waals surface area contributed by atoms with E-state index >= 15 is 0 Å². The zero-order chi connectivity index (χ0) is 39.3. The van der Waals surface area contributed by atoms with Gasteiger partial charge in [0.1, 0.15) is 0 Å². The largest absolute Gasteiger partial charge is 0.381 e. The molecule has 1 aromatic rings. The summed E-state index contributed by atoms with van der Waals surface area (Å²) >= 11 is 0. The average molecular weight is 757 g/mol. The Hall–Kier alpha value is -1.16. The molecule has 0 saturated carbocycles. The lowest BCUT2D eigenvalue weighted by atomic mass is 9.89. The second kappa shape index (κ2) is 37.4. The molecule has 4 heteroatoms. The summed E-state index contributed by atoms with van der Waals surface area (Å²) in [5.41, 5.74) is 0.534. The molecule has 1 aromatic carbocycles. The van der Waals surface area contributed by atoms with Crippen molar-refractivity contribution in [1.82, 2.24) is 4.90 Å². The van der Waals surface area contributed by atoms with Crippen LogP contribution in [0.5, 0.6) is 0 Å². The standard InChI is InChI=1S/C50H96N2O2/c1-6-10-13-16-21-28-36-46(9-4)37-29-24-19-26-33-42-52(44-35-41-51-48-45(5)49(53)50(48)54)43-34-27-20-25-32-40-47(38-30-22-17-14-11-7-2)39-31-23-18-15-12-8-3/h46-47,51H,6-44H2,1-5H3. The van der Waals surface area contributed by atoms with Crippen molar-refractivity contribution in [2.24, 2.45) is 11.8 Å². The van der Waals surface area contributed by atoms with E-state index in [0.717, 1.165) is 31.3 Å². The molecule has 0 aliphatic rings. The monoisotopic (exact) mass is 757 g/mol. The first-order valence-electron chi connectivity index (χ1n) is 24.7. The summed E-state index contributed by atoms with van der Waals surface area (Å²) < 4.78 is 0. The summed E-state index contributed by atoms with van der Waals surface area (Å²) in [5.74, 6) is 1.92. The van der Waals surface area contributed by atoms with Gasteiger partial charge in [-0.15, -0.1) is 0 Å². The van der Waals surface area contributed by atoms with Gasteiger partial charge in [0.25, 0.3) is 0 Å². The third-order valence-electron chi connectivity index (χ3n) is 12.8. The summed E-state index contributed by atoms with van der Waals surface area (Å²) in [6.07, 6.45) is 49.1. The van der Waals surface area contributed by atoms with Crippen LogP contribution in [0.3, 0.4) is 0 Å². The third kappa shape index (κ3) is 27.4. The third-order valence-corrected chi connectivity index (χ3v) is 12.8. The van der Waals surface area contributed by atoms with E-state index in [2.05, 4.69) is 37.9 Å². The number of hydrogen-bond acceptors (Lipinski definition) is 4. The smallest absolute Gasteiger partial charge is 0.249 e. The van der Waals surface area contributed by atoms with Gasteiger partial charge in [0.05, 0.1) is 5.69 Å². The van der Waals surface area contributed by atoms with E-state index in [1.165, 1.54) is 231 Å². The summed E-state index contributed by atoms with van der Waals surface area (Å²) in [6.45, 7) is 15.4. The Morgan fingerprint density at radius 1 is 0.407 bits per heavy atom. The molecule has 1 unspecified atom stereocenters. The second-order valence-corrected chi connectivity index (χ2v) is 17.7.